The third kappa shape index (κ3) is 6.28. The Morgan fingerprint density at radius 3 is 2.43 bits per heavy atom. The van der Waals surface area contributed by atoms with Crippen molar-refractivity contribution in [3.63, 3.8) is 0 Å². The van der Waals surface area contributed by atoms with E-state index in [-0.39, 0.29) is 30.3 Å². The van der Waals surface area contributed by atoms with Gasteiger partial charge in [0.25, 0.3) is 0 Å². The first kappa shape index (κ1) is 29.4. The molecule has 3 heterocycles. The van der Waals surface area contributed by atoms with Crippen LogP contribution in [0.15, 0.2) is 23.1 Å². The second-order valence-corrected chi connectivity index (χ2v) is 12.4. The number of nitrogens with zero attached hydrogens (tertiary/aromatic N) is 2. The van der Waals surface area contributed by atoms with Crippen LogP contribution >= 0.6 is 11.3 Å². The number of carbonyl (C=O) groups is 3. The second-order valence-electron chi connectivity index (χ2n) is 11.3. The molecule has 1 aromatic rings. The van der Waals surface area contributed by atoms with E-state index in [1.54, 1.807) is 57.1 Å². The minimum absolute atomic E-state index is 0.229. The first-order chi connectivity index (χ1) is 17.1. The van der Waals surface area contributed by atoms with E-state index in [1.165, 1.54) is 6.08 Å². The second kappa shape index (κ2) is 10.9. The number of Topliss-reactive ketones (excluding diaryl/α,β-unsaturated/α-hetero) is 1. The van der Waals surface area contributed by atoms with Crippen molar-refractivity contribution in [3.05, 3.63) is 33.8 Å². The molecule has 2 N–H and O–H groups in total. The Labute approximate surface area is 223 Å². The summed E-state index contributed by atoms with van der Waals surface area (Å²) in [6.07, 6.45) is 2.58. The van der Waals surface area contributed by atoms with Gasteiger partial charge in [-0.25, -0.2) is 4.98 Å². The summed E-state index contributed by atoms with van der Waals surface area (Å²) in [6.45, 7) is 12.0. The quantitative estimate of drug-likeness (QED) is 0.561. The molecule has 9 heteroatoms. The van der Waals surface area contributed by atoms with Crippen molar-refractivity contribution in [1.29, 1.82) is 0 Å². The van der Waals surface area contributed by atoms with Gasteiger partial charge in [0.05, 0.1) is 46.9 Å². The van der Waals surface area contributed by atoms with Crippen LogP contribution in [0.1, 0.15) is 65.1 Å². The van der Waals surface area contributed by atoms with Gasteiger partial charge in [0.15, 0.2) is 5.78 Å². The molecule has 204 valence electrons. The molecule has 0 spiro atoms. The number of likely N-dealkylation sites (N-methyl/N-ethyl adjacent to an activating group) is 1. The van der Waals surface area contributed by atoms with Gasteiger partial charge in [-0.15, -0.1) is 11.3 Å². The summed E-state index contributed by atoms with van der Waals surface area (Å²) in [5.74, 6) is -2.72. The maximum absolute atomic E-state index is 13.4. The Kier molecular flexibility index (Phi) is 8.64. The molecule has 1 amide bonds. The third-order valence-electron chi connectivity index (χ3n) is 8.12. The fourth-order valence-electron chi connectivity index (χ4n) is 4.97. The molecule has 1 saturated heterocycles. The number of thiazole rings is 1. The highest BCUT2D eigenvalue weighted by Gasteiger charge is 2.52. The smallest absolute Gasteiger partial charge is 0.225 e. The number of aliphatic hydroxyl groups is 2. The molecule has 0 unspecified atom stereocenters. The van der Waals surface area contributed by atoms with Crippen molar-refractivity contribution in [1.82, 2.24) is 9.88 Å². The van der Waals surface area contributed by atoms with Crippen LogP contribution in [0.4, 0.5) is 0 Å². The van der Waals surface area contributed by atoms with Gasteiger partial charge >= 0.3 is 0 Å². The molecule has 0 radical (unpaired) electrons. The molecule has 0 aromatic carbocycles. The van der Waals surface area contributed by atoms with Gasteiger partial charge < -0.3 is 19.8 Å². The van der Waals surface area contributed by atoms with Gasteiger partial charge in [0.2, 0.25) is 5.91 Å². The number of ether oxygens (including phenoxy) is 1. The van der Waals surface area contributed by atoms with Crippen molar-refractivity contribution in [2.45, 2.75) is 91.3 Å². The number of aromatic nitrogens is 1. The summed E-state index contributed by atoms with van der Waals surface area (Å²) < 4.78 is 5.97. The first-order valence-electron chi connectivity index (χ1n) is 12.8. The molecular weight excluding hydrogens is 492 g/mol. The van der Waals surface area contributed by atoms with E-state index in [4.69, 9.17) is 4.74 Å². The average Bonchev–Trinajstić information content (AvgIpc) is 3.30. The van der Waals surface area contributed by atoms with E-state index in [2.05, 4.69) is 4.98 Å². The predicted molar refractivity (Wildman–Crippen MR) is 143 cm³/mol. The van der Waals surface area contributed by atoms with E-state index in [0.717, 1.165) is 16.3 Å². The zero-order chi connectivity index (χ0) is 27.9. The maximum Gasteiger partial charge on any atom is 0.225 e. The number of aliphatic hydroxyl groups excluding tert-OH is 2. The highest BCUT2D eigenvalue weighted by molar-refractivity contribution is 7.09. The average molecular weight is 533 g/mol. The van der Waals surface area contributed by atoms with Crippen LogP contribution in [0, 0.1) is 24.2 Å². The largest absolute Gasteiger partial charge is 0.392 e. The molecule has 2 aliphatic rings. The lowest BCUT2D eigenvalue weighted by Gasteiger charge is -2.35. The first-order valence-corrected chi connectivity index (χ1v) is 13.6. The molecule has 0 bridgehead atoms. The van der Waals surface area contributed by atoms with Crippen LogP contribution in [-0.4, -0.2) is 74.6 Å². The number of epoxide rings is 1. The summed E-state index contributed by atoms with van der Waals surface area (Å²) >= 11 is 1.55. The summed E-state index contributed by atoms with van der Waals surface area (Å²) in [5.41, 5.74) is -0.259. The molecule has 1 fully saturated rings. The molecule has 0 saturated carbocycles. The number of aryl methyl sites for hydroxylation is 1. The van der Waals surface area contributed by atoms with Crippen molar-refractivity contribution < 1.29 is 29.3 Å². The topological polar surface area (TPSA) is 120 Å². The van der Waals surface area contributed by atoms with Crippen LogP contribution in [-0.2, 0) is 19.1 Å². The zero-order valence-electron chi connectivity index (χ0n) is 23.0. The molecule has 8 nitrogen and oxygen atoms in total. The van der Waals surface area contributed by atoms with E-state index >= 15 is 0 Å². The standard InChI is InChI=1S/C28H40N2O6S/c1-15(11-19-14-37-18(4)29-19)20-12-23-28(7,36-23)10-9-21(31)16(2)25(34)17(3)26(35)27(5,6)22(32)13-24(33)30(20)8/h9-11,14,16-17,20,22-23,25,32,34H,12-13H2,1-8H3/b10-9-,15-11?/t16-,17+,20-,22-,23-,25-,28+/m0/s1. The summed E-state index contributed by atoms with van der Waals surface area (Å²) in [7, 11) is 1.69. The molecule has 3 rings (SSSR count). The number of rotatable bonds is 2. The monoisotopic (exact) mass is 532 g/mol. The Bertz CT molecular complexity index is 1110. The molecular formula is C28H40N2O6S. The van der Waals surface area contributed by atoms with Gasteiger partial charge in [-0.1, -0.05) is 27.7 Å². The van der Waals surface area contributed by atoms with Gasteiger partial charge in [-0.05, 0) is 44.6 Å². The fourth-order valence-corrected chi connectivity index (χ4v) is 5.54. The highest BCUT2D eigenvalue weighted by atomic mass is 32.1. The molecule has 0 aliphatic carbocycles. The van der Waals surface area contributed by atoms with Crippen molar-refractivity contribution in [2.24, 2.45) is 17.3 Å². The number of hydrogen-bond donors (Lipinski definition) is 2. The number of hydrogen-bond acceptors (Lipinski definition) is 8. The summed E-state index contributed by atoms with van der Waals surface area (Å²) in [4.78, 5) is 45.6. The third-order valence-corrected chi connectivity index (χ3v) is 8.91. The zero-order valence-corrected chi connectivity index (χ0v) is 23.8. The number of fused-ring (bicyclic) bond motifs is 1. The normalized spacial score (nSPS) is 36.9. The number of carbonyl (C=O) groups excluding carboxylic acids is 3. The van der Waals surface area contributed by atoms with Gasteiger partial charge in [0.1, 0.15) is 11.4 Å². The Morgan fingerprint density at radius 2 is 1.84 bits per heavy atom. The molecule has 37 heavy (non-hydrogen) atoms. The van der Waals surface area contributed by atoms with E-state index < -0.39 is 40.8 Å². The van der Waals surface area contributed by atoms with Crippen LogP contribution in [0.2, 0.25) is 0 Å². The number of ketones is 2. The Morgan fingerprint density at radius 1 is 1.19 bits per heavy atom. The van der Waals surface area contributed by atoms with Gasteiger partial charge in [-0.2, -0.15) is 0 Å². The van der Waals surface area contributed by atoms with Crippen LogP contribution in [0.3, 0.4) is 0 Å². The number of allylic oxidation sites excluding steroid dienone is 1. The fraction of sp³-hybridized carbons (Fsp3) is 0.643. The lowest BCUT2D eigenvalue weighted by atomic mass is 9.73. The maximum atomic E-state index is 13.4. The van der Waals surface area contributed by atoms with Gasteiger partial charge in [-0.3, -0.25) is 14.4 Å². The van der Waals surface area contributed by atoms with Crippen molar-refractivity contribution in [3.8, 4) is 0 Å². The van der Waals surface area contributed by atoms with Crippen LogP contribution in [0.5, 0.6) is 0 Å². The Hall–Kier alpha value is -2.20. The number of amides is 1. The molecule has 2 aliphatic heterocycles. The van der Waals surface area contributed by atoms with Crippen molar-refractivity contribution >= 4 is 34.9 Å². The van der Waals surface area contributed by atoms with Gasteiger partial charge in [0, 0.05) is 30.7 Å². The van der Waals surface area contributed by atoms with Crippen LogP contribution < -0.4 is 0 Å². The predicted octanol–water partition coefficient (Wildman–Crippen LogP) is 3.35. The highest BCUT2D eigenvalue weighted by Crippen LogP contribution is 2.42. The lowest BCUT2D eigenvalue weighted by molar-refractivity contribution is -0.145. The molecule has 7 atom stereocenters. The van der Waals surface area contributed by atoms with Crippen molar-refractivity contribution in [2.75, 3.05) is 7.05 Å². The summed E-state index contributed by atoms with van der Waals surface area (Å²) in [5, 5.41) is 24.7. The SMILES string of the molecule is CC(=Cc1csc(C)n1)[C@@H]1C[C@@H]2O[C@]2(C)/C=C\C(=O)[C@H](C)[C@H](O)[C@@H](C)C(=O)C(C)(C)[C@@H](O)CC(=O)N1C. The van der Waals surface area contributed by atoms with E-state index in [1.807, 2.05) is 32.2 Å². The lowest BCUT2D eigenvalue weighted by Crippen LogP contribution is -2.48. The minimum Gasteiger partial charge on any atom is -0.392 e. The molecule has 1 aromatic heterocycles. The Balaban J connectivity index is 1.99. The summed E-state index contributed by atoms with van der Waals surface area (Å²) in [6, 6.07) is -0.343. The minimum atomic E-state index is -1.30. The van der Waals surface area contributed by atoms with E-state index in [0.29, 0.717) is 6.42 Å². The van der Waals surface area contributed by atoms with E-state index in [9.17, 15) is 24.6 Å². The van der Waals surface area contributed by atoms with Crippen LogP contribution in [0.25, 0.3) is 6.08 Å².